The fourth-order valence-corrected chi connectivity index (χ4v) is 4.09. The molecule has 2 aromatic heterocycles. The SMILES string of the molecule is c1ccc(-c2cn(-c3ccc(-n4c5ccccc5c5ccccc54)cc3)nn2)cc1. The van der Waals surface area contributed by atoms with E-state index in [1.165, 1.54) is 21.8 Å². The Bertz CT molecular complexity index is 1420. The molecule has 0 amide bonds. The molecule has 0 fully saturated rings. The predicted molar refractivity (Wildman–Crippen MR) is 121 cm³/mol. The Morgan fingerprint density at radius 3 is 1.77 bits per heavy atom. The minimum absolute atomic E-state index is 0.863. The average molecular weight is 386 g/mol. The molecule has 142 valence electrons. The van der Waals surface area contributed by atoms with Crippen LogP contribution in [-0.2, 0) is 0 Å². The molecule has 2 heterocycles. The van der Waals surface area contributed by atoms with E-state index in [4.69, 9.17) is 0 Å². The van der Waals surface area contributed by atoms with Crippen LogP contribution in [0.4, 0.5) is 0 Å². The molecule has 30 heavy (non-hydrogen) atoms. The van der Waals surface area contributed by atoms with E-state index in [1.54, 1.807) is 0 Å². The van der Waals surface area contributed by atoms with E-state index >= 15 is 0 Å². The van der Waals surface area contributed by atoms with Crippen molar-refractivity contribution >= 4 is 21.8 Å². The van der Waals surface area contributed by atoms with E-state index in [0.717, 1.165) is 22.6 Å². The summed E-state index contributed by atoms with van der Waals surface area (Å²) in [6, 6.07) is 35.6. The number of aromatic nitrogens is 4. The molecule has 0 aliphatic heterocycles. The molecule has 0 aliphatic rings. The first-order chi connectivity index (χ1) is 14.9. The van der Waals surface area contributed by atoms with Gasteiger partial charge in [0.2, 0.25) is 0 Å². The summed E-state index contributed by atoms with van der Waals surface area (Å²) in [6.07, 6.45) is 1.96. The van der Waals surface area contributed by atoms with E-state index in [1.807, 2.05) is 41.2 Å². The highest BCUT2D eigenvalue weighted by Gasteiger charge is 2.11. The molecular weight excluding hydrogens is 368 g/mol. The summed E-state index contributed by atoms with van der Waals surface area (Å²) in [5.41, 5.74) is 6.44. The third-order valence-corrected chi connectivity index (χ3v) is 5.52. The second-order valence-corrected chi connectivity index (χ2v) is 7.30. The first-order valence-corrected chi connectivity index (χ1v) is 9.95. The molecule has 0 saturated carbocycles. The molecule has 6 aromatic rings. The molecule has 0 unspecified atom stereocenters. The molecule has 0 radical (unpaired) electrons. The van der Waals surface area contributed by atoms with Crippen molar-refractivity contribution in [3.8, 4) is 22.6 Å². The molecule has 4 nitrogen and oxygen atoms in total. The third-order valence-electron chi connectivity index (χ3n) is 5.52. The van der Waals surface area contributed by atoms with Crippen molar-refractivity contribution in [2.24, 2.45) is 0 Å². The molecule has 0 aliphatic carbocycles. The summed E-state index contributed by atoms with van der Waals surface area (Å²) in [7, 11) is 0. The largest absolute Gasteiger partial charge is 0.309 e. The average Bonchev–Trinajstić information content (AvgIpc) is 3.43. The highest BCUT2D eigenvalue weighted by molar-refractivity contribution is 6.09. The van der Waals surface area contributed by atoms with Crippen LogP contribution in [0.3, 0.4) is 0 Å². The molecule has 0 bridgehead atoms. The molecule has 0 saturated heterocycles. The number of nitrogens with zero attached hydrogens (tertiary/aromatic N) is 4. The van der Waals surface area contributed by atoms with Crippen molar-refractivity contribution in [1.82, 2.24) is 19.6 Å². The van der Waals surface area contributed by atoms with Crippen LogP contribution in [0, 0.1) is 0 Å². The fourth-order valence-electron chi connectivity index (χ4n) is 4.09. The van der Waals surface area contributed by atoms with Crippen LogP contribution in [0.15, 0.2) is 109 Å². The Kier molecular flexibility index (Phi) is 3.74. The second kappa shape index (κ2) is 6.71. The quantitative estimate of drug-likeness (QED) is 0.372. The lowest BCUT2D eigenvalue weighted by atomic mass is 10.2. The summed E-state index contributed by atoms with van der Waals surface area (Å²) < 4.78 is 4.13. The minimum atomic E-state index is 0.863. The number of benzene rings is 4. The van der Waals surface area contributed by atoms with Gasteiger partial charge in [-0.25, -0.2) is 4.68 Å². The van der Waals surface area contributed by atoms with Gasteiger partial charge in [-0.15, -0.1) is 5.10 Å². The maximum absolute atomic E-state index is 4.32. The van der Waals surface area contributed by atoms with Gasteiger partial charge >= 0.3 is 0 Å². The van der Waals surface area contributed by atoms with E-state index in [-0.39, 0.29) is 0 Å². The van der Waals surface area contributed by atoms with Gasteiger partial charge in [-0.1, -0.05) is 71.9 Å². The van der Waals surface area contributed by atoms with Gasteiger partial charge in [0, 0.05) is 22.0 Å². The topological polar surface area (TPSA) is 35.6 Å². The molecular formula is C26H18N4. The van der Waals surface area contributed by atoms with Gasteiger partial charge in [-0.2, -0.15) is 0 Å². The monoisotopic (exact) mass is 386 g/mol. The lowest BCUT2D eigenvalue weighted by Crippen LogP contribution is -1.97. The summed E-state index contributed by atoms with van der Waals surface area (Å²) in [4.78, 5) is 0. The first kappa shape index (κ1) is 16.7. The maximum Gasteiger partial charge on any atom is 0.113 e. The van der Waals surface area contributed by atoms with Gasteiger partial charge in [-0.3, -0.25) is 0 Å². The number of fused-ring (bicyclic) bond motifs is 3. The van der Waals surface area contributed by atoms with Gasteiger partial charge in [0.05, 0.1) is 22.9 Å². The zero-order valence-corrected chi connectivity index (χ0v) is 16.2. The van der Waals surface area contributed by atoms with Crippen LogP contribution in [0.25, 0.3) is 44.4 Å². The van der Waals surface area contributed by atoms with Crippen molar-refractivity contribution in [3.05, 3.63) is 109 Å². The van der Waals surface area contributed by atoms with Crippen LogP contribution >= 0.6 is 0 Å². The highest BCUT2D eigenvalue weighted by atomic mass is 15.4. The van der Waals surface area contributed by atoms with Crippen LogP contribution in [0.5, 0.6) is 0 Å². The predicted octanol–water partition coefficient (Wildman–Crippen LogP) is 6.03. The van der Waals surface area contributed by atoms with Gasteiger partial charge in [0.25, 0.3) is 0 Å². The Hall–Kier alpha value is -4.18. The Balaban J connectivity index is 1.43. The number of hydrogen-bond donors (Lipinski definition) is 0. The lowest BCUT2D eigenvalue weighted by Gasteiger charge is -2.09. The molecule has 0 N–H and O–H groups in total. The van der Waals surface area contributed by atoms with Crippen molar-refractivity contribution in [3.63, 3.8) is 0 Å². The molecule has 4 heteroatoms. The summed E-state index contributed by atoms with van der Waals surface area (Å²) in [5.74, 6) is 0. The zero-order chi connectivity index (χ0) is 19.9. The Labute approximate surface area is 173 Å². The van der Waals surface area contributed by atoms with E-state index < -0.39 is 0 Å². The van der Waals surface area contributed by atoms with Crippen molar-refractivity contribution < 1.29 is 0 Å². The first-order valence-electron chi connectivity index (χ1n) is 9.95. The standard InChI is InChI=1S/C26H18N4/c1-2-8-19(9-3-1)24-18-29(28-27-24)20-14-16-21(17-15-20)30-25-12-6-4-10-22(25)23-11-5-7-13-26(23)30/h1-18H. The normalized spacial score (nSPS) is 11.3. The van der Waals surface area contributed by atoms with Crippen LogP contribution in [0.2, 0.25) is 0 Å². The minimum Gasteiger partial charge on any atom is -0.309 e. The van der Waals surface area contributed by atoms with E-state index in [9.17, 15) is 0 Å². The molecule has 4 aromatic carbocycles. The van der Waals surface area contributed by atoms with Crippen molar-refractivity contribution in [1.29, 1.82) is 0 Å². The number of rotatable bonds is 3. The highest BCUT2D eigenvalue weighted by Crippen LogP contribution is 2.31. The van der Waals surface area contributed by atoms with Crippen molar-refractivity contribution in [2.45, 2.75) is 0 Å². The zero-order valence-electron chi connectivity index (χ0n) is 16.2. The molecule has 6 rings (SSSR count). The van der Waals surface area contributed by atoms with Crippen molar-refractivity contribution in [2.75, 3.05) is 0 Å². The number of hydrogen-bond acceptors (Lipinski definition) is 2. The Morgan fingerprint density at radius 1 is 0.533 bits per heavy atom. The summed E-state index contributed by atoms with van der Waals surface area (Å²) >= 11 is 0. The van der Waals surface area contributed by atoms with Crippen LogP contribution < -0.4 is 0 Å². The third kappa shape index (κ3) is 2.62. The lowest BCUT2D eigenvalue weighted by molar-refractivity contribution is 0.803. The van der Waals surface area contributed by atoms with Gasteiger partial charge in [0.15, 0.2) is 0 Å². The van der Waals surface area contributed by atoms with Gasteiger partial charge in [-0.05, 0) is 36.4 Å². The fraction of sp³-hybridized carbons (Fsp3) is 0. The van der Waals surface area contributed by atoms with Crippen LogP contribution in [-0.4, -0.2) is 19.6 Å². The summed E-state index contributed by atoms with van der Waals surface area (Å²) in [5, 5.41) is 11.2. The van der Waals surface area contributed by atoms with E-state index in [0.29, 0.717) is 0 Å². The van der Waals surface area contributed by atoms with Gasteiger partial charge < -0.3 is 4.57 Å². The maximum atomic E-state index is 4.32. The van der Waals surface area contributed by atoms with E-state index in [2.05, 4.69) is 87.7 Å². The smallest absolute Gasteiger partial charge is 0.113 e. The Morgan fingerprint density at radius 2 is 1.10 bits per heavy atom. The molecule has 0 spiro atoms. The second-order valence-electron chi connectivity index (χ2n) is 7.30. The number of para-hydroxylation sites is 2. The van der Waals surface area contributed by atoms with Crippen LogP contribution in [0.1, 0.15) is 0 Å². The molecule has 0 atom stereocenters. The summed E-state index contributed by atoms with van der Waals surface area (Å²) in [6.45, 7) is 0. The van der Waals surface area contributed by atoms with Gasteiger partial charge in [0.1, 0.15) is 5.69 Å².